The van der Waals surface area contributed by atoms with Crippen LogP contribution < -0.4 is 4.90 Å². The van der Waals surface area contributed by atoms with E-state index in [1.54, 1.807) is 24.3 Å². The Balaban J connectivity index is 2.57. The van der Waals surface area contributed by atoms with Crippen LogP contribution in [0.1, 0.15) is 25.8 Å². The number of aromatic nitrogens is 2. The highest BCUT2D eigenvalue weighted by Crippen LogP contribution is 2.09. The molecular weight excluding hydrogens is 218 g/mol. The fourth-order valence-electron chi connectivity index (χ4n) is 1.49. The Morgan fingerprint density at radius 1 is 1.41 bits per heavy atom. The summed E-state index contributed by atoms with van der Waals surface area (Å²) in [6, 6.07) is 0. The van der Waals surface area contributed by atoms with Crippen molar-refractivity contribution in [2.75, 3.05) is 18.5 Å². The van der Waals surface area contributed by atoms with Crippen molar-refractivity contribution in [3.05, 3.63) is 18.0 Å². The minimum Gasteiger partial charge on any atom is -0.481 e. The van der Waals surface area contributed by atoms with Gasteiger partial charge in [-0.25, -0.2) is 9.97 Å². The maximum Gasteiger partial charge on any atom is 0.305 e. The second-order valence-electron chi connectivity index (χ2n) is 4.55. The summed E-state index contributed by atoms with van der Waals surface area (Å²) in [4.78, 5) is 20.6. The van der Waals surface area contributed by atoms with Gasteiger partial charge in [-0.05, 0) is 17.9 Å². The first-order valence-corrected chi connectivity index (χ1v) is 5.73. The molecule has 0 bridgehead atoms. The van der Waals surface area contributed by atoms with Gasteiger partial charge in [0.25, 0.3) is 0 Å². The van der Waals surface area contributed by atoms with E-state index in [4.69, 9.17) is 5.11 Å². The molecule has 94 valence electrons. The third-order valence-corrected chi connectivity index (χ3v) is 2.34. The van der Waals surface area contributed by atoms with Crippen molar-refractivity contribution in [3.63, 3.8) is 0 Å². The van der Waals surface area contributed by atoms with Crippen LogP contribution in [0.15, 0.2) is 12.4 Å². The molecule has 0 saturated carbocycles. The average molecular weight is 237 g/mol. The van der Waals surface area contributed by atoms with Crippen LogP contribution >= 0.6 is 0 Å². The van der Waals surface area contributed by atoms with Gasteiger partial charge in [-0.3, -0.25) is 4.79 Å². The molecule has 1 N–H and O–H groups in total. The summed E-state index contributed by atoms with van der Waals surface area (Å²) in [5.74, 6) is 0.334. The van der Waals surface area contributed by atoms with Gasteiger partial charge in [0.1, 0.15) is 0 Å². The molecule has 0 aliphatic rings. The third-order valence-electron chi connectivity index (χ3n) is 2.34. The number of carboxylic acid groups (broad SMARTS) is 1. The second kappa shape index (κ2) is 6.18. The summed E-state index contributed by atoms with van der Waals surface area (Å²) < 4.78 is 0. The maximum absolute atomic E-state index is 10.4. The summed E-state index contributed by atoms with van der Waals surface area (Å²) in [6.07, 6.45) is 4.66. The molecule has 17 heavy (non-hydrogen) atoms. The van der Waals surface area contributed by atoms with Crippen LogP contribution in [0.4, 0.5) is 5.95 Å². The Labute approximate surface area is 102 Å². The molecule has 0 aromatic carbocycles. The molecule has 1 rings (SSSR count). The number of hydrogen-bond acceptors (Lipinski definition) is 4. The van der Waals surface area contributed by atoms with Crippen molar-refractivity contribution < 1.29 is 9.90 Å². The molecule has 1 aromatic heterocycles. The van der Waals surface area contributed by atoms with Gasteiger partial charge in [0.15, 0.2) is 0 Å². The summed E-state index contributed by atoms with van der Waals surface area (Å²) in [5.41, 5.74) is 1.11. The monoisotopic (exact) mass is 237 g/mol. The Morgan fingerprint density at radius 3 is 2.47 bits per heavy atom. The summed E-state index contributed by atoms with van der Waals surface area (Å²) in [5, 5.41) is 8.59. The predicted octanol–water partition coefficient (Wildman–Crippen LogP) is 1.59. The molecule has 5 nitrogen and oxygen atoms in total. The van der Waals surface area contributed by atoms with Crippen LogP contribution in [0.2, 0.25) is 0 Å². The number of carboxylic acids is 1. The summed E-state index contributed by atoms with van der Waals surface area (Å²) in [7, 11) is 1.79. The molecule has 0 saturated heterocycles. The van der Waals surface area contributed by atoms with E-state index in [1.807, 2.05) is 0 Å². The minimum atomic E-state index is -0.812. The van der Waals surface area contributed by atoms with Gasteiger partial charge in [0, 0.05) is 26.0 Å². The van der Waals surface area contributed by atoms with Crippen LogP contribution in [-0.2, 0) is 11.2 Å². The van der Waals surface area contributed by atoms with Gasteiger partial charge in [-0.1, -0.05) is 13.8 Å². The van der Waals surface area contributed by atoms with E-state index in [-0.39, 0.29) is 6.42 Å². The molecule has 0 aliphatic carbocycles. The Hall–Kier alpha value is -1.65. The molecular formula is C12H19N3O2. The molecule has 0 amide bonds. The smallest absolute Gasteiger partial charge is 0.305 e. The number of rotatable bonds is 6. The summed E-state index contributed by atoms with van der Waals surface area (Å²) >= 11 is 0. The number of hydrogen-bond donors (Lipinski definition) is 1. The maximum atomic E-state index is 10.4. The largest absolute Gasteiger partial charge is 0.481 e. The normalized spacial score (nSPS) is 10.6. The van der Waals surface area contributed by atoms with Crippen molar-refractivity contribution >= 4 is 11.9 Å². The van der Waals surface area contributed by atoms with E-state index >= 15 is 0 Å². The average Bonchev–Trinajstić information content (AvgIpc) is 2.26. The van der Waals surface area contributed by atoms with Gasteiger partial charge >= 0.3 is 5.97 Å². The molecule has 0 aliphatic heterocycles. The lowest BCUT2D eigenvalue weighted by Crippen LogP contribution is -2.23. The molecule has 5 heteroatoms. The van der Waals surface area contributed by atoms with E-state index in [1.165, 1.54) is 0 Å². The molecule has 0 atom stereocenters. The van der Waals surface area contributed by atoms with E-state index in [0.717, 1.165) is 12.0 Å². The Kier molecular flexibility index (Phi) is 4.87. The highest BCUT2D eigenvalue weighted by Gasteiger charge is 2.07. The lowest BCUT2D eigenvalue weighted by Gasteiger charge is -2.15. The molecule has 1 heterocycles. The van der Waals surface area contributed by atoms with Crippen molar-refractivity contribution in [1.82, 2.24) is 9.97 Å². The standard InChI is InChI=1S/C12H19N3O2/c1-9(2)6-10-7-13-12(14-8-10)15(3)5-4-11(16)17/h7-9H,4-6H2,1-3H3,(H,16,17). The highest BCUT2D eigenvalue weighted by molar-refractivity contribution is 5.67. The predicted molar refractivity (Wildman–Crippen MR) is 66.1 cm³/mol. The van der Waals surface area contributed by atoms with Crippen molar-refractivity contribution in [2.24, 2.45) is 5.92 Å². The zero-order valence-corrected chi connectivity index (χ0v) is 10.6. The lowest BCUT2D eigenvalue weighted by molar-refractivity contribution is -0.136. The second-order valence-corrected chi connectivity index (χ2v) is 4.55. The molecule has 0 radical (unpaired) electrons. The zero-order chi connectivity index (χ0) is 12.8. The lowest BCUT2D eigenvalue weighted by atomic mass is 10.1. The number of anilines is 1. The SMILES string of the molecule is CC(C)Cc1cnc(N(C)CCC(=O)O)nc1. The number of carbonyl (C=O) groups is 1. The molecule has 0 unspecified atom stereocenters. The van der Waals surface area contributed by atoms with Gasteiger partial charge in [-0.2, -0.15) is 0 Å². The van der Waals surface area contributed by atoms with Crippen molar-refractivity contribution in [2.45, 2.75) is 26.7 Å². The van der Waals surface area contributed by atoms with Gasteiger partial charge in [0.2, 0.25) is 5.95 Å². The molecule has 1 aromatic rings. The van der Waals surface area contributed by atoms with Crippen molar-refractivity contribution in [1.29, 1.82) is 0 Å². The fourth-order valence-corrected chi connectivity index (χ4v) is 1.49. The summed E-state index contributed by atoms with van der Waals surface area (Å²) in [6.45, 7) is 4.71. The van der Waals surface area contributed by atoms with Crippen LogP contribution in [0.5, 0.6) is 0 Å². The van der Waals surface area contributed by atoms with Crippen molar-refractivity contribution in [3.8, 4) is 0 Å². The van der Waals surface area contributed by atoms with Gasteiger partial charge in [-0.15, -0.1) is 0 Å². The molecule has 0 spiro atoms. The first-order valence-electron chi connectivity index (χ1n) is 5.73. The first-order chi connectivity index (χ1) is 7.99. The number of nitrogens with zero attached hydrogens (tertiary/aromatic N) is 3. The minimum absolute atomic E-state index is 0.0909. The van der Waals surface area contributed by atoms with Crippen LogP contribution in [0.25, 0.3) is 0 Å². The van der Waals surface area contributed by atoms with Gasteiger partial charge in [0.05, 0.1) is 6.42 Å². The highest BCUT2D eigenvalue weighted by atomic mass is 16.4. The van der Waals surface area contributed by atoms with Gasteiger partial charge < -0.3 is 10.0 Å². The molecule has 0 fully saturated rings. The van der Waals surface area contributed by atoms with E-state index in [0.29, 0.717) is 18.4 Å². The van der Waals surface area contributed by atoms with E-state index in [9.17, 15) is 4.79 Å². The Morgan fingerprint density at radius 2 is 2.00 bits per heavy atom. The topological polar surface area (TPSA) is 66.3 Å². The third kappa shape index (κ3) is 4.80. The van der Waals surface area contributed by atoms with Crippen LogP contribution in [0, 0.1) is 5.92 Å². The number of aliphatic carboxylic acids is 1. The van der Waals surface area contributed by atoms with E-state index < -0.39 is 5.97 Å². The zero-order valence-electron chi connectivity index (χ0n) is 10.6. The quantitative estimate of drug-likeness (QED) is 0.813. The first kappa shape index (κ1) is 13.4. The fraction of sp³-hybridized carbons (Fsp3) is 0.583. The van der Waals surface area contributed by atoms with Crippen LogP contribution in [-0.4, -0.2) is 34.6 Å². The van der Waals surface area contributed by atoms with Crippen LogP contribution in [0.3, 0.4) is 0 Å². The Bertz CT molecular complexity index is 363. The van der Waals surface area contributed by atoms with E-state index in [2.05, 4.69) is 23.8 Å².